The number of carbonyl (C=O) groups excluding carboxylic acids is 2. The largest absolute Gasteiger partial charge is 0.480 e. The average Bonchev–Trinajstić information content (AvgIpc) is 3.33. The number of carbonyl (C=O) groups is 3. The Morgan fingerprint density at radius 3 is 1.93 bits per heavy atom. The molecule has 3 unspecified atom stereocenters. The minimum absolute atomic E-state index is 0.0251. The molecule has 11 heteroatoms. The molecule has 0 aromatic carbocycles. The number of rotatable bonds is 10. The van der Waals surface area contributed by atoms with Crippen LogP contribution in [0.2, 0.25) is 0 Å². The quantitative estimate of drug-likeness (QED) is 0.299. The van der Waals surface area contributed by atoms with Gasteiger partial charge in [-0.05, 0) is 5.92 Å². The lowest BCUT2D eigenvalue weighted by Crippen LogP contribution is -2.56. The number of nitrogens with zero attached hydrogens (tertiary/aromatic N) is 2. The van der Waals surface area contributed by atoms with Crippen LogP contribution in [0.5, 0.6) is 0 Å². The zero-order valence-electron chi connectivity index (χ0n) is 15.7. The van der Waals surface area contributed by atoms with E-state index >= 15 is 0 Å². The molecule has 0 radical (unpaired) electrons. The van der Waals surface area contributed by atoms with Gasteiger partial charge < -0.3 is 31.4 Å². The van der Waals surface area contributed by atoms with Gasteiger partial charge in [0.05, 0.1) is 18.7 Å². The topological polar surface area (TPSA) is 179 Å². The van der Waals surface area contributed by atoms with E-state index < -0.39 is 35.9 Å². The molecule has 3 atom stereocenters. The molecular formula is C17H25N7O4. The monoisotopic (exact) mass is 391 g/mol. The minimum atomic E-state index is -1.20. The molecule has 2 aromatic rings. The highest BCUT2D eigenvalue weighted by Gasteiger charge is 2.29. The van der Waals surface area contributed by atoms with Crippen LogP contribution in [-0.4, -0.2) is 61.0 Å². The molecule has 0 bridgehead atoms. The molecule has 0 saturated heterocycles. The number of H-pyrrole nitrogens is 2. The molecule has 0 aliphatic heterocycles. The minimum Gasteiger partial charge on any atom is -0.480 e. The van der Waals surface area contributed by atoms with Gasteiger partial charge in [0, 0.05) is 36.6 Å². The Morgan fingerprint density at radius 1 is 1.00 bits per heavy atom. The first kappa shape index (κ1) is 21.1. The third kappa shape index (κ3) is 5.91. The van der Waals surface area contributed by atoms with Gasteiger partial charge in [0.1, 0.15) is 12.1 Å². The van der Waals surface area contributed by atoms with Crippen molar-refractivity contribution >= 4 is 17.8 Å². The lowest BCUT2D eigenvalue weighted by molar-refractivity contribution is -0.142. The average molecular weight is 391 g/mol. The van der Waals surface area contributed by atoms with Gasteiger partial charge in [-0.1, -0.05) is 13.8 Å². The molecule has 0 saturated carbocycles. The molecular weight excluding hydrogens is 366 g/mol. The number of aromatic nitrogens is 4. The summed E-state index contributed by atoms with van der Waals surface area (Å²) in [5.41, 5.74) is 7.02. The number of amides is 2. The lowest BCUT2D eigenvalue weighted by Gasteiger charge is -2.23. The molecule has 2 rings (SSSR count). The van der Waals surface area contributed by atoms with Crippen molar-refractivity contribution in [3.63, 3.8) is 0 Å². The summed E-state index contributed by atoms with van der Waals surface area (Å²) in [6.45, 7) is 3.58. The van der Waals surface area contributed by atoms with Crippen molar-refractivity contribution in [3.8, 4) is 0 Å². The lowest BCUT2D eigenvalue weighted by atomic mass is 10.0. The van der Waals surface area contributed by atoms with Crippen LogP contribution in [0.15, 0.2) is 25.0 Å². The van der Waals surface area contributed by atoms with Crippen molar-refractivity contribution in [2.75, 3.05) is 0 Å². The number of nitrogens with one attached hydrogen (secondary N) is 4. The summed E-state index contributed by atoms with van der Waals surface area (Å²) in [6, 6.07) is -2.99. The fourth-order valence-electron chi connectivity index (χ4n) is 2.48. The summed E-state index contributed by atoms with van der Waals surface area (Å²) in [7, 11) is 0. The van der Waals surface area contributed by atoms with Crippen molar-refractivity contribution in [1.82, 2.24) is 30.6 Å². The maximum Gasteiger partial charge on any atom is 0.326 e. The van der Waals surface area contributed by atoms with E-state index in [1.165, 1.54) is 25.0 Å². The summed E-state index contributed by atoms with van der Waals surface area (Å²) >= 11 is 0. The highest BCUT2D eigenvalue weighted by molar-refractivity contribution is 5.92. The number of carboxylic acid groups (broad SMARTS) is 1. The number of aromatic amines is 2. The van der Waals surface area contributed by atoms with Crippen LogP contribution in [0, 0.1) is 5.92 Å². The molecule has 152 valence electrons. The molecule has 11 nitrogen and oxygen atoms in total. The molecule has 0 fully saturated rings. The molecule has 2 aromatic heterocycles. The SMILES string of the molecule is CC(C)C(N)C(=O)NC(Cc1cnc[nH]1)C(=O)NC(Cc1cnc[nH]1)C(=O)O. The number of imidazole rings is 2. The number of nitrogens with two attached hydrogens (primary N) is 1. The van der Waals surface area contributed by atoms with Crippen molar-refractivity contribution in [1.29, 1.82) is 0 Å². The van der Waals surface area contributed by atoms with Gasteiger partial charge in [0.25, 0.3) is 0 Å². The summed E-state index contributed by atoms with van der Waals surface area (Å²) in [4.78, 5) is 50.0. The second-order valence-corrected chi connectivity index (χ2v) is 6.79. The Kier molecular flexibility index (Phi) is 7.27. The Morgan fingerprint density at radius 2 is 1.50 bits per heavy atom. The Labute approximate surface area is 161 Å². The summed E-state index contributed by atoms with van der Waals surface area (Å²) in [5, 5.41) is 14.5. The smallest absolute Gasteiger partial charge is 0.326 e. The van der Waals surface area contributed by atoms with Crippen molar-refractivity contribution < 1.29 is 19.5 Å². The summed E-state index contributed by atoms with van der Waals surface area (Å²) in [6.07, 6.45) is 6.01. The predicted molar refractivity (Wildman–Crippen MR) is 98.9 cm³/mol. The van der Waals surface area contributed by atoms with Crippen molar-refractivity contribution in [2.45, 2.75) is 44.8 Å². The van der Waals surface area contributed by atoms with Gasteiger partial charge >= 0.3 is 5.97 Å². The van der Waals surface area contributed by atoms with E-state index in [9.17, 15) is 19.5 Å². The van der Waals surface area contributed by atoms with E-state index in [1.807, 2.05) is 0 Å². The number of aliphatic carboxylic acids is 1. The highest BCUT2D eigenvalue weighted by atomic mass is 16.4. The maximum atomic E-state index is 12.8. The molecule has 2 amide bonds. The first-order valence-corrected chi connectivity index (χ1v) is 8.81. The second kappa shape index (κ2) is 9.65. The first-order chi connectivity index (χ1) is 13.3. The van der Waals surface area contributed by atoms with Crippen LogP contribution in [0.4, 0.5) is 0 Å². The van der Waals surface area contributed by atoms with Crippen LogP contribution >= 0.6 is 0 Å². The normalized spacial score (nSPS) is 14.3. The zero-order chi connectivity index (χ0) is 20.7. The summed E-state index contributed by atoms with van der Waals surface area (Å²) in [5.74, 6) is -2.45. The predicted octanol–water partition coefficient (Wildman–Crippen LogP) is -1.04. The van der Waals surface area contributed by atoms with Crippen LogP contribution in [0.3, 0.4) is 0 Å². The fourth-order valence-corrected chi connectivity index (χ4v) is 2.48. The molecule has 0 aliphatic carbocycles. The van der Waals surface area contributed by atoms with Gasteiger partial charge in [-0.2, -0.15) is 0 Å². The highest BCUT2D eigenvalue weighted by Crippen LogP contribution is 2.05. The van der Waals surface area contributed by atoms with Crippen molar-refractivity contribution in [3.05, 3.63) is 36.4 Å². The van der Waals surface area contributed by atoms with E-state index in [0.29, 0.717) is 11.4 Å². The maximum absolute atomic E-state index is 12.8. The van der Waals surface area contributed by atoms with E-state index in [2.05, 4.69) is 30.6 Å². The van der Waals surface area contributed by atoms with Crippen LogP contribution in [0.25, 0.3) is 0 Å². The summed E-state index contributed by atoms with van der Waals surface area (Å²) < 4.78 is 0. The van der Waals surface area contributed by atoms with Gasteiger partial charge in [-0.3, -0.25) is 9.59 Å². The number of hydrogen-bond acceptors (Lipinski definition) is 6. The van der Waals surface area contributed by atoms with E-state index in [-0.39, 0.29) is 18.8 Å². The van der Waals surface area contributed by atoms with Gasteiger partial charge in [-0.15, -0.1) is 0 Å². The van der Waals surface area contributed by atoms with Gasteiger partial charge in [0.2, 0.25) is 11.8 Å². The van der Waals surface area contributed by atoms with Crippen LogP contribution in [0.1, 0.15) is 25.2 Å². The van der Waals surface area contributed by atoms with Crippen LogP contribution in [-0.2, 0) is 27.2 Å². The third-order valence-corrected chi connectivity index (χ3v) is 4.23. The second-order valence-electron chi connectivity index (χ2n) is 6.79. The number of hydrogen-bond donors (Lipinski definition) is 6. The molecule has 28 heavy (non-hydrogen) atoms. The number of carboxylic acids is 1. The van der Waals surface area contributed by atoms with Crippen molar-refractivity contribution in [2.24, 2.45) is 11.7 Å². The van der Waals surface area contributed by atoms with Crippen LogP contribution < -0.4 is 16.4 Å². The molecule has 7 N–H and O–H groups in total. The fraction of sp³-hybridized carbons (Fsp3) is 0.471. The molecule has 0 spiro atoms. The third-order valence-electron chi connectivity index (χ3n) is 4.23. The Bertz CT molecular complexity index is 774. The van der Waals surface area contributed by atoms with E-state index in [0.717, 1.165) is 0 Å². The van der Waals surface area contributed by atoms with E-state index in [1.54, 1.807) is 13.8 Å². The Balaban J connectivity index is 2.11. The zero-order valence-corrected chi connectivity index (χ0v) is 15.7. The Hall–Kier alpha value is -3.21. The van der Waals surface area contributed by atoms with Gasteiger partial charge in [0.15, 0.2) is 0 Å². The van der Waals surface area contributed by atoms with Gasteiger partial charge in [-0.25, -0.2) is 14.8 Å². The van der Waals surface area contributed by atoms with E-state index in [4.69, 9.17) is 5.73 Å². The molecule has 2 heterocycles. The standard InChI is InChI=1S/C17H25N7O4/c1-9(2)14(18)16(26)23-12(3-10-5-19-7-21-10)15(25)24-13(17(27)28)4-11-6-20-8-22-11/h5-9,12-14H,3-4,18H2,1-2H3,(H,19,21)(H,20,22)(H,23,26)(H,24,25)(H,27,28). The molecule has 0 aliphatic rings. The first-order valence-electron chi connectivity index (χ1n) is 8.81.